The van der Waals surface area contributed by atoms with Gasteiger partial charge in [-0.25, -0.2) is 8.42 Å². The van der Waals surface area contributed by atoms with E-state index in [1.54, 1.807) is 42.5 Å². The highest BCUT2D eigenvalue weighted by Crippen LogP contribution is 2.33. The summed E-state index contributed by atoms with van der Waals surface area (Å²) in [5.41, 5.74) is 0.356. The fraction of sp³-hybridized carbons (Fsp3) is 0. The maximum absolute atomic E-state index is 12.6. The molecule has 0 aromatic heterocycles. The van der Waals surface area contributed by atoms with Crippen LogP contribution in [0, 0.1) is 0 Å². The van der Waals surface area contributed by atoms with E-state index in [-0.39, 0.29) is 4.90 Å². The molecule has 1 N–H and O–H groups in total. The van der Waals surface area contributed by atoms with Gasteiger partial charge in [0.25, 0.3) is 10.0 Å². The Bertz CT molecular complexity index is 975. The molecule has 0 bridgehead atoms. The first-order valence-corrected chi connectivity index (χ1v) is 10.3. The van der Waals surface area contributed by atoms with Crippen molar-refractivity contribution in [3.05, 3.63) is 81.7 Å². The van der Waals surface area contributed by atoms with Gasteiger partial charge in [0.2, 0.25) is 0 Å². The number of sulfonamides is 1. The quantitative estimate of drug-likeness (QED) is 0.499. The molecule has 3 aromatic rings. The van der Waals surface area contributed by atoms with Crippen LogP contribution in [0.5, 0.6) is 11.5 Å². The van der Waals surface area contributed by atoms with Crippen molar-refractivity contribution in [3.63, 3.8) is 0 Å². The van der Waals surface area contributed by atoms with Gasteiger partial charge >= 0.3 is 0 Å². The van der Waals surface area contributed by atoms with Crippen LogP contribution in [0.15, 0.2) is 86.6 Å². The van der Waals surface area contributed by atoms with Crippen LogP contribution < -0.4 is 9.46 Å². The predicted molar refractivity (Wildman–Crippen MR) is 106 cm³/mol. The second-order valence-corrected chi connectivity index (χ2v) is 8.63. The third-order valence-electron chi connectivity index (χ3n) is 3.28. The molecule has 0 amide bonds. The summed E-state index contributed by atoms with van der Waals surface area (Å²) in [4.78, 5) is 0.171. The smallest absolute Gasteiger partial charge is 0.262 e. The lowest BCUT2D eigenvalue weighted by Crippen LogP contribution is -2.13. The normalized spacial score (nSPS) is 11.1. The fourth-order valence-electron chi connectivity index (χ4n) is 2.10. The number of halogens is 2. The summed E-state index contributed by atoms with van der Waals surface area (Å²) >= 11 is 6.67. The fourth-order valence-corrected chi connectivity index (χ4v) is 3.77. The predicted octanol–water partition coefficient (Wildman–Crippen LogP) is 5.80. The number of hydrogen-bond acceptors (Lipinski definition) is 3. The molecule has 0 fully saturated rings. The van der Waals surface area contributed by atoms with Crippen LogP contribution >= 0.6 is 31.9 Å². The lowest BCUT2D eigenvalue weighted by molar-refractivity contribution is 0.484. The Morgan fingerprint density at radius 3 is 2.12 bits per heavy atom. The molecule has 0 aliphatic rings. The molecule has 0 heterocycles. The van der Waals surface area contributed by atoms with Crippen molar-refractivity contribution in [2.24, 2.45) is 0 Å². The number of anilines is 1. The first-order valence-electron chi connectivity index (χ1n) is 7.25. The Morgan fingerprint density at radius 1 is 0.800 bits per heavy atom. The van der Waals surface area contributed by atoms with E-state index in [1.807, 2.05) is 18.2 Å². The molecule has 0 aliphatic carbocycles. The molecule has 3 aromatic carbocycles. The summed E-state index contributed by atoms with van der Waals surface area (Å²) in [6, 6.07) is 20.7. The molecular weight excluding hydrogens is 470 g/mol. The number of nitrogens with one attached hydrogen (secondary N) is 1. The monoisotopic (exact) mass is 481 g/mol. The minimum absolute atomic E-state index is 0.171. The van der Waals surface area contributed by atoms with E-state index in [9.17, 15) is 8.42 Å². The van der Waals surface area contributed by atoms with Gasteiger partial charge in [-0.3, -0.25) is 4.72 Å². The second kappa shape index (κ2) is 7.59. The van der Waals surface area contributed by atoms with Gasteiger partial charge < -0.3 is 4.74 Å². The van der Waals surface area contributed by atoms with Crippen molar-refractivity contribution in [2.45, 2.75) is 4.90 Å². The summed E-state index contributed by atoms with van der Waals surface area (Å²) in [5.74, 6) is 1.02. The van der Waals surface area contributed by atoms with Crippen molar-refractivity contribution in [3.8, 4) is 11.5 Å². The topological polar surface area (TPSA) is 55.4 Å². The summed E-state index contributed by atoms with van der Waals surface area (Å²) in [6.45, 7) is 0. The van der Waals surface area contributed by atoms with E-state index in [0.717, 1.165) is 8.95 Å². The third-order valence-corrected chi connectivity index (χ3v) is 5.69. The van der Waals surface area contributed by atoms with Crippen LogP contribution in [0.4, 0.5) is 5.69 Å². The lowest BCUT2D eigenvalue weighted by atomic mass is 10.3. The molecule has 0 saturated carbocycles. The number of benzene rings is 3. The van der Waals surface area contributed by atoms with Gasteiger partial charge in [0.15, 0.2) is 5.75 Å². The van der Waals surface area contributed by atoms with E-state index < -0.39 is 10.0 Å². The molecular formula is C18H13Br2NO3S. The summed E-state index contributed by atoms with van der Waals surface area (Å²) < 4.78 is 35.2. The number of para-hydroxylation sites is 1. The van der Waals surface area contributed by atoms with Crippen molar-refractivity contribution >= 4 is 47.6 Å². The molecule has 4 nitrogen and oxygen atoms in total. The molecule has 7 heteroatoms. The second-order valence-electron chi connectivity index (χ2n) is 5.12. The van der Waals surface area contributed by atoms with Crippen LogP contribution in [0.2, 0.25) is 0 Å². The Labute approximate surface area is 163 Å². The van der Waals surface area contributed by atoms with E-state index >= 15 is 0 Å². The summed E-state index contributed by atoms with van der Waals surface area (Å²) in [7, 11) is -3.72. The van der Waals surface area contributed by atoms with Gasteiger partial charge in [-0.2, -0.15) is 0 Å². The zero-order valence-electron chi connectivity index (χ0n) is 12.8. The molecule has 0 unspecified atom stereocenters. The molecule has 128 valence electrons. The van der Waals surface area contributed by atoms with Crippen molar-refractivity contribution in [2.75, 3.05) is 4.72 Å². The summed E-state index contributed by atoms with van der Waals surface area (Å²) in [6.07, 6.45) is 0. The van der Waals surface area contributed by atoms with E-state index in [2.05, 4.69) is 36.6 Å². The van der Waals surface area contributed by atoms with Crippen LogP contribution in [0.1, 0.15) is 0 Å². The van der Waals surface area contributed by atoms with Gasteiger partial charge in [0.05, 0.1) is 10.6 Å². The zero-order valence-corrected chi connectivity index (χ0v) is 16.8. The van der Waals surface area contributed by atoms with E-state index in [4.69, 9.17) is 4.74 Å². The molecule has 3 rings (SSSR count). The highest BCUT2D eigenvalue weighted by atomic mass is 79.9. The number of hydrogen-bond donors (Lipinski definition) is 1. The van der Waals surface area contributed by atoms with Gasteiger partial charge in [0, 0.05) is 8.95 Å². The van der Waals surface area contributed by atoms with Gasteiger partial charge in [-0.05, 0) is 54.6 Å². The highest BCUT2D eigenvalue weighted by molar-refractivity contribution is 9.10. The Hall–Kier alpha value is -1.83. The SMILES string of the molecule is O=S(=O)(Nc1ccc(Br)cc1Oc1ccccc1)c1ccc(Br)cc1. The van der Waals surface area contributed by atoms with Crippen LogP contribution in [0.25, 0.3) is 0 Å². The van der Waals surface area contributed by atoms with Crippen LogP contribution in [-0.2, 0) is 10.0 Å². The Balaban J connectivity index is 1.93. The van der Waals surface area contributed by atoms with E-state index in [1.165, 1.54) is 12.1 Å². The van der Waals surface area contributed by atoms with Crippen molar-refractivity contribution in [1.29, 1.82) is 0 Å². The maximum Gasteiger partial charge on any atom is 0.262 e. The van der Waals surface area contributed by atoms with Crippen LogP contribution in [-0.4, -0.2) is 8.42 Å². The average Bonchev–Trinajstić information content (AvgIpc) is 2.58. The Morgan fingerprint density at radius 2 is 1.44 bits per heavy atom. The number of ether oxygens (including phenoxy) is 1. The average molecular weight is 483 g/mol. The first-order chi connectivity index (χ1) is 11.9. The molecule has 25 heavy (non-hydrogen) atoms. The lowest BCUT2D eigenvalue weighted by Gasteiger charge is -2.14. The standard InChI is InChI=1S/C18H13Br2NO3S/c19-13-6-9-16(10-7-13)25(22,23)21-17-11-8-14(20)12-18(17)24-15-4-2-1-3-5-15/h1-12,21H. The van der Waals surface area contributed by atoms with Gasteiger partial charge in [-0.15, -0.1) is 0 Å². The first kappa shape index (κ1) is 18.0. The van der Waals surface area contributed by atoms with Crippen molar-refractivity contribution in [1.82, 2.24) is 0 Å². The Kier molecular flexibility index (Phi) is 5.46. The number of rotatable bonds is 5. The third kappa shape index (κ3) is 4.62. The van der Waals surface area contributed by atoms with E-state index in [0.29, 0.717) is 17.2 Å². The highest BCUT2D eigenvalue weighted by Gasteiger charge is 2.17. The molecule has 0 saturated heterocycles. The minimum atomic E-state index is -3.72. The summed E-state index contributed by atoms with van der Waals surface area (Å²) in [5, 5.41) is 0. The molecule has 0 atom stereocenters. The molecule has 0 radical (unpaired) electrons. The molecule has 0 aliphatic heterocycles. The largest absolute Gasteiger partial charge is 0.455 e. The zero-order chi connectivity index (χ0) is 17.9. The minimum Gasteiger partial charge on any atom is -0.455 e. The molecule has 0 spiro atoms. The van der Waals surface area contributed by atoms with Crippen molar-refractivity contribution < 1.29 is 13.2 Å². The maximum atomic E-state index is 12.6. The van der Waals surface area contributed by atoms with Crippen LogP contribution in [0.3, 0.4) is 0 Å². The van der Waals surface area contributed by atoms with Gasteiger partial charge in [-0.1, -0.05) is 50.1 Å². The van der Waals surface area contributed by atoms with Gasteiger partial charge in [0.1, 0.15) is 5.75 Å².